The van der Waals surface area contributed by atoms with E-state index >= 15 is 0 Å². The molecule has 3 amide bonds. The molecule has 1 aliphatic heterocycles. The summed E-state index contributed by atoms with van der Waals surface area (Å²) < 4.78 is 18.8. The number of benzene rings is 1. The minimum atomic E-state index is -0.534. The first-order valence-corrected chi connectivity index (χ1v) is 10.4. The Kier molecular flexibility index (Phi) is 7.83. The number of carbonyl (C=O) groups excluding carboxylic acids is 2. The molecule has 1 saturated carbocycles. The molecule has 1 aromatic carbocycles. The number of hydrogen-bond donors (Lipinski definition) is 4. The predicted molar refractivity (Wildman–Crippen MR) is 106 cm³/mol. The van der Waals surface area contributed by atoms with E-state index in [1.165, 1.54) is 12.1 Å². The average Bonchev–Trinajstić information content (AvgIpc) is 3.21. The number of halogens is 1. The van der Waals surface area contributed by atoms with E-state index in [0.29, 0.717) is 19.4 Å². The molecular formula is C21H30FN3O4. The van der Waals surface area contributed by atoms with Gasteiger partial charge in [0.15, 0.2) is 0 Å². The summed E-state index contributed by atoms with van der Waals surface area (Å²) in [5.41, 5.74) is 0.815. The van der Waals surface area contributed by atoms with E-state index in [9.17, 15) is 19.1 Å². The number of aliphatic hydroxyl groups is 1. The zero-order valence-corrected chi connectivity index (χ0v) is 16.5. The Morgan fingerprint density at radius 3 is 2.48 bits per heavy atom. The van der Waals surface area contributed by atoms with Crippen molar-refractivity contribution in [3.05, 3.63) is 35.6 Å². The van der Waals surface area contributed by atoms with Gasteiger partial charge in [-0.15, -0.1) is 0 Å². The highest BCUT2D eigenvalue weighted by atomic mass is 19.1. The summed E-state index contributed by atoms with van der Waals surface area (Å²) in [6.07, 6.45) is 4.89. The van der Waals surface area contributed by atoms with Crippen LogP contribution in [-0.2, 0) is 16.1 Å². The van der Waals surface area contributed by atoms with Crippen LogP contribution in [0.3, 0.4) is 0 Å². The van der Waals surface area contributed by atoms with E-state index in [4.69, 9.17) is 4.74 Å². The molecule has 1 saturated heterocycles. The lowest BCUT2D eigenvalue weighted by Gasteiger charge is -2.36. The first-order chi connectivity index (χ1) is 14.0. The fourth-order valence-electron chi connectivity index (χ4n) is 3.99. The van der Waals surface area contributed by atoms with Crippen LogP contribution in [0.5, 0.6) is 0 Å². The van der Waals surface area contributed by atoms with Gasteiger partial charge >= 0.3 is 6.03 Å². The summed E-state index contributed by atoms with van der Waals surface area (Å²) in [5, 5.41) is 18.3. The molecule has 0 unspecified atom stereocenters. The standard InChI is InChI=1S/C21H30FN3O4/c22-15-7-5-14(6-8-15)12-23-20(27)11-17-9-10-18(19(13-26)29-17)25-21(28)24-16-3-1-2-4-16/h5-8,16-19,26H,1-4,9-13H2,(H,23,27)(H2,24,25,28)/t17-,18+,19-/m1/s1. The molecule has 1 aliphatic carbocycles. The van der Waals surface area contributed by atoms with Gasteiger partial charge in [-0.1, -0.05) is 25.0 Å². The number of urea groups is 1. The molecule has 0 aromatic heterocycles. The molecule has 2 fully saturated rings. The minimum absolute atomic E-state index is 0.165. The molecule has 1 aromatic rings. The minimum Gasteiger partial charge on any atom is -0.394 e. The van der Waals surface area contributed by atoms with Crippen molar-refractivity contribution in [2.75, 3.05) is 6.61 Å². The van der Waals surface area contributed by atoms with Gasteiger partial charge in [0.05, 0.1) is 25.2 Å². The molecule has 3 rings (SSSR count). The Bertz CT molecular complexity index is 679. The van der Waals surface area contributed by atoms with Gasteiger partial charge in [0.1, 0.15) is 11.9 Å². The van der Waals surface area contributed by atoms with E-state index in [1.54, 1.807) is 12.1 Å². The Labute approximate surface area is 170 Å². The lowest BCUT2D eigenvalue weighted by molar-refractivity contribution is -0.130. The maximum absolute atomic E-state index is 12.9. The maximum Gasteiger partial charge on any atom is 0.315 e. The zero-order chi connectivity index (χ0) is 20.6. The van der Waals surface area contributed by atoms with Crippen molar-refractivity contribution in [3.8, 4) is 0 Å². The number of hydrogen-bond acceptors (Lipinski definition) is 4. The molecule has 0 spiro atoms. The Balaban J connectivity index is 1.40. The van der Waals surface area contributed by atoms with Crippen molar-refractivity contribution < 1.29 is 23.8 Å². The summed E-state index contributed by atoms with van der Waals surface area (Å²) in [6.45, 7) is 0.100. The lowest BCUT2D eigenvalue weighted by atomic mass is 9.97. The van der Waals surface area contributed by atoms with Crippen molar-refractivity contribution in [1.29, 1.82) is 0 Å². The third-order valence-corrected chi connectivity index (χ3v) is 5.62. The predicted octanol–water partition coefficient (Wildman–Crippen LogP) is 1.98. The molecule has 0 bridgehead atoms. The lowest BCUT2D eigenvalue weighted by Crippen LogP contribution is -2.54. The highest BCUT2D eigenvalue weighted by Crippen LogP contribution is 2.22. The molecular weight excluding hydrogens is 377 g/mol. The molecule has 0 radical (unpaired) electrons. The highest BCUT2D eigenvalue weighted by Gasteiger charge is 2.33. The average molecular weight is 407 g/mol. The molecule has 7 nitrogen and oxygen atoms in total. The third kappa shape index (κ3) is 6.68. The smallest absolute Gasteiger partial charge is 0.315 e. The topological polar surface area (TPSA) is 99.7 Å². The van der Waals surface area contributed by atoms with Crippen LogP contribution < -0.4 is 16.0 Å². The number of aliphatic hydroxyl groups excluding tert-OH is 1. The number of ether oxygens (including phenoxy) is 1. The number of rotatable bonds is 7. The second kappa shape index (κ2) is 10.5. The quantitative estimate of drug-likeness (QED) is 0.555. The van der Waals surface area contributed by atoms with E-state index < -0.39 is 6.10 Å². The van der Waals surface area contributed by atoms with Gasteiger partial charge in [0.25, 0.3) is 0 Å². The van der Waals surface area contributed by atoms with Crippen molar-refractivity contribution in [3.63, 3.8) is 0 Å². The van der Waals surface area contributed by atoms with E-state index in [2.05, 4.69) is 16.0 Å². The van der Waals surface area contributed by atoms with E-state index in [-0.39, 0.29) is 49.0 Å². The molecule has 29 heavy (non-hydrogen) atoms. The van der Waals surface area contributed by atoms with Crippen LogP contribution >= 0.6 is 0 Å². The number of carbonyl (C=O) groups is 2. The first-order valence-electron chi connectivity index (χ1n) is 10.4. The van der Waals surface area contributed by atoms with Crippen LogP contribution in [0.2, 0.25) is 0 Å². The van der Waals surface area contributed by atoms with Gasteiger partial charge in [-0.2, -0.15) is 0 Å². The van der Waals surface area contributed by atoms with Gasteiger partial charge in [-0.05, 0) is 43.4 Å². The van der Waals surface area contributed by atoms with Crippen LogP contribution in [0.15, 0.2) is 24.3 Å². The molecule has 3 atom stereocenters. The number of amides is 3. The fourth-order valence-corrected chi connectivity index (χ4v) is 3.99. The summed E-state index contributed by atoms with van der Waals surface area (Å²) in [5.74, 6) is -0.479. The largest absolute Gasteiger partial charge is 0.394 e. The fraction of sp³-hybridized carbons (Fsp3) is 0.619. The summed E-state index contributed by atoms with van der Waals surface area (Å²) in [4.78, 5) is 24.4. The van der Waals surface area contributed by atoms with Gasteiger partial charge in [0, 0.05) is 12.6 Å². The highest BCUT2D eigenvalue weighted by molar-refractivity contribution is 5.76. The summed E-state index contributed by atoms with van der Waals surface area (Å²) in [6, 6.07) is 5.69. The first kappa shape index (κ1) is 21.5. The summed E-state index contributed by atoms with van der Waals surface area (Å²) in [7, 11) is 0. The van der Waals surface area contributed by atoms with Crippen LogP contribution in [0.4, 0.5) is 9.18 Å². The molecule has 8 heteroatoms. The van der Waals surface area contributed by atoms with Crippen LogP contribution in [0.25, 0.3) is 0 Å². The summed E-state index contributed by atoms with van der Waals surface area (Å²) >= 11 is 0. The van der Waals surface area contributed by atoms with E-state index in [0.717, 1.165) is 31.2 Å². The molecule has 2 aliphatic rings. The van der Waals surface area contributed by atoms with Gasteiger partial charge in [0.2, 0.25) is 5.91 Å². The molecule has 1 heterocycles. The van der Waals surface area contributed by atoms with Crippen LogP contribution in [-0.4, -0.2) is 47.9 Å². The number of nitrogens with one attached hydrogen (secondary N) is 3. The van der Waals surface area contributed by atoms with Gasteiger partial charge in [-0.25, -0.2) is 9.18 Å². The second-order valence-corrected chi connectivity index (χ2v) is 7.87. The van der Waals surface area contributed by atoms with Crippen molar-refractivity contribution in [2.45, 2.75) is 75.8 Å². The van der Waals surface area contributed by atoms with Crippen molar-refractivity contribution >= 4 is 11.9 Å². The van der Waals surface area contributed by atoms with Gasteiger partial charge in [-0.3, -0.25) is 4.79 Å². The van der Waals surface area contributed by atoms with Gasteiger partial charge < -0.3 is 25.8 Å². The maximum atomic E-state index is 12.9. The Morgan fingerprint density at radius 2 is 1.79 bits per heavy atom. The van der Waals surface area contributed by atoms with Crippen molar-refractivity contribution in [1.82, 2.24) is 16.0 Å². The SMILES string of the molecule is O=C(C[C@H]1CC[C@H](NC(=O)NC2CCCC2)[C@@H](CO)O1)NCc1ccc(F)cc1. The third-order valence-electron chi connectivity index (χ3n) is 5.62. The Morgan fingerprint density at radius 1 is 1.07 bits per heavy atom. The molecule has 4 N–H and O–H groups in total. The molecule has 160 valence electrons. The van der Waals surface area contributed by atoms with Crippen LogP contribution in [0, 0.1) is 5.82 Å². The Hall–Kier alpha value is -2.19. The zero-order valence-electron chi connectivity index (χ0n) is 16.5. The van der Waals surface area contributed by atoms with Crippen LogP contribution in [0.1, 0.15) is 50.5 Å². The monoisotopic (exact) mass is 407 g/mol. The second-order valence-electron chi connectivity index (χ2n) is 7.87. The van der Waals surface area contributed by atoms with Crippen molar-refractivity contribution in [2.24, 2.45) is 0 Å². The normalized spacial score (nSPS) is 24.8. The van der Waals surface area contributed by atoms with E-state index in [1.807, 2.05) is 0 Å².